The van der Waals surface area contributed by atoms with Gasteiger partial charge in [0.1, 0.15) is 0 Å². The molecule has 0 saturated carbocycles. The van der Waals surface area contributed by atoms with E-state index in [0.29, 0.717) is 6.42 Å². The minimum atomic E-state index is -0.833. The van der Waals surface area contributed by atoms with Gasteiger partial charge in [-0.3, -0.25) is 9.59 Å². The maximum Gasteiger partial charge on any atom is 0.310 e. The van der Waals surface area contributed by atoms with Crippen molar-refractivity contribution in [2.75, 3.05) is 0 Å². The van der Waals surface area contributed by atoms with Crippen molar-refractivity contribution >= 4 is 11.9 Å². The van der Waals surface area contributed by atoms with E-state index in [-0.39, 0.29) is 5.97 Å². The Morgan fingerprint density at radius 1 is 1.25 bits per heavy atom. The van der Waals surface area contributed by atoms with Crippen LogP contribution in [0.5, 0.6) is 0 Å². The van der Waals surface area contributed by atoms with Crippen molar-refractivity contribution in [3.8, 4) is 0 Å². The summed E-state index contributed by atoms with van der Waals surface area (Å²) >= 11 is 0. The Balaban J connectivity index is 0. The highest BCUT2D eigenvalue weighted by Gasteiger charge is 1.98. The van der Waals surface area contributed by atoms with Gasteiger partial charge in [0, 0.05) is 13.3 Å². The van der Waals surface area contributed by atoms with E-state index in [9.17, 15) is 4.79 Å². The molecule has 0 rings (SSSR count). The van der Waals surface area contributed by atoms with Crippen LogP contribution in [0, 0.1) is 0 Å². The smallest absolute Gasteiger partial charge is 0.310 e. The average molecular weight is 230 g/mol. The topological polar surface area (TPSA) is 63.6 Å². The number of carboxylic acid groups (broad SMARTS) is 1. The number of rotatable bonds is 7. The molecule has 0 fully saturated rings. The molecule has 0 aliphatic rings. The highest BCUT2D eigenvalue weighted by Crippen LogP contribution is 2.05. The zero-order valence-electron chi connectivity index (χ0n) is 10.2. The summed E-state index contributed by atoms with van der Waals surface area (Å²) < 4.78 is 4.57. The van der Waals surface area contributed by atoms with Crippen LogP contribution in [0.1, 0.15) is 52.4 Å². The molecule has 0 radical (unpaired) electrons. The van der Waals surface area contributed by atoms with Gasteiger partial charge in [0.2, 0.25) is 0 Å². The van der Waals surface area contributed by atoms with E-state index in [1.54, 1.807) is 0 Å². The van der Waals surface area contributed by atoms with Gasteiger partial charge in [0.15, 0.2) is 0 Å². The molecule has 0 atom stereocenters. The largest absolute Gasteiger partial charge is 0.481 e. The number of carbonyl (C=O) groups is 2. The molecular weight excluding hydrogens is 208 g/mol. The second-order valence-electron chi connectivity index (χ2n) is 3.34. The van der Waals surface area contributed by atoms with E-state index < -0.39 is 5.97 Å². The predicted molar refractivity (Wildman–Crippen MR) is 63.0 cm³/mol. The molecule has 1 N–H and O–H groups in total. The molecule has 0 heterocycles. The fourth-order valence-electron chi connectivity index (χ4n) is 1.02. The number of carboxylic acids is 1. The molecule has 16 heavy (non-hydrogen) atoms. The SMILES string of the molecule is C=COC(=O)CCCCCCC.CC(=O)O. The third kappa shape index (κ3) is 23.0. The second-order valence-corrected chi connectivity index (χ2v) is 3.34. The number of aliphatic carboxylic acids is 1. The monoisotopic (exact) mass is 230 g/mol. The molecule has 0 aliphatic heterocycles. The summed E-state index contributed by atoms with van der Waals surface area (Å²) in [6, 6.07) is 0. The first-order valence-corrected chi connectivity index (χ1v) is 5.54. The van der Waals surface area contributed by atoms with Crippen molar-refractivity contribution in [3.63, 3.8) is 0 Å². The quantitative estimate of drug-likeness (QED) is 0.414. The van der Waals surface area contributed by atoms with Crippen LogP contribution in [0.4, 0.5) is 0 Å². The number of unbranched alkanes of at least 4 members (excludes halogenated alkanes) is 4. The van der Waals surface area contributed by atoms with Gasteiger partial charge < -0.3 is 9.84 Å². The zero-order chi connectivity index (χ0) is 12.8. The lowest BCUT2D eigenvalue weighted by Crippen LogP contribution is -1.98. The first-order chi connectivity index (χ1) is 7.54. The summed E-state index contributed by atoms with van der Waals surface area (Å²) in [5, 5.41) is 7.42. The van der Waals surface area contributed by atoms with Crippen LogP contribution in [-0.2, 0) is 14.3 Å². The summed E-state index contributed by atoms with van der Waals surface area (Å²) in [5.41, 5.74) is 0. The summed E-state index contributed by atoms with van der Waals surface area (Å²) in [5.74, 6) is -0.999. The molecular formula is C12H22O4. The van der Waals surface area contributed by atoms with E-state index >= 15 is 0 Å². The number of ether oxygens (including phenoxy) is 1. The van der Waals surface area contributed by atoms with Crippen LogP contribution in [0.15, 0.2) is 12.8 Å². The van der Waals surface area contributed by atoms with Crippen molar-refractivity contribution in [1.29, 1.82) is 0 Å². The summed E-state index contributed by atoms with van der Waals surface area (Å²) in [7, 11) is 0. The number of carbonyl (C=O) groups excluding carboxylic acids is 1. The second kappa shape index (κ2) is 13.7. The van der Waals surface area contributed by atoms with Gasteiger partial charge in [0.25, 0.3) is 5.97 Å². The maximum atomic E-state index is 10.8. The zero-order valence-corrected chi connectivity index (χ0v) is 10.2. The van der Waals surface area contributed by atoms with Gasteiger partial charge >= 0.3 is 5.97 Å². The standard InChI is InChI=1S/C10H18O2.C2H4O2/c1-3-5-6-7-8-9-10(11)12-4-2;1-2(3)4/h4H,2-3,5-9H2,1H3;1H3,(H,3,4). The van der Waals surface area contributed by atoms with Crippen molar-refractivity contribution in [1.82, 2.24) is 0 Å². The third-order valence-corrected chi connectivity index (χ3v) is 1.70. The van der Waals surface area contributed by atoms with Crippen molar-refractivity contribution in [3.05, 3.63) is 12.8 Å². The first kappa shape index (κ1) is 17.1. The molecule has 0 bridgehead atoms. The van der Waals surface area contributed by atoms with Gasteiger partial charge in [-0.15, -0.1) is 0 Å². The van der Waals surface area contributed by atoms with Crippen LogP contribution in [0.3, 0.4) is 0 Å². The molecule has 0 aliphatic carbocycles. The first-order valence-electron chi connectivity index (χ1n) is 5.54. The summed E-state index contributed by atoms with van der Waals surface area (Å²) in [6.45, 7) is 6.57. The van der Waals surface area contributed by atoms with Gasteiger partial charge in [-0.1, -0.05) is 39.2 Å². The highest BCUT2D eigenvalue weighted by atomic mass is 16.5. The van der Waals surface area contributed by atoms with E-state index in [2.05, 4.69) is 18.2 Å². The Morgan fingerprint density at radius 3 is 2.19 bits per heavy atom. The normalized spacial score (nSPS) is 8.62. The number of esters is 1. The van der Waals surface area contributed by atoms with Crippen LogP contribution in [0.25, 0.3) is 0 Å². The van der Waals surface area contributed by atoms with Crippen LogP contribution < -0.4 is 0 Å². The van der Waals surface area contributed by atoms with Gasteiger partial charge in [0.05, 0.1) is 6.26 Å². The molecule has 4 heteroatoms. The van der Waals surface area contributed by atoms with Crippen molar-refractivity contribution in [2.45, 2.75) is 52.4 Å². The number of hydrogen-bond acceptors (Lipinski definition) is 3. The molecule has 0 spiro atoms. The molecule has 0 aromatic heterocycles. The Bertz CT molecular complexity index is 195. The molecule has 0 saturated heterocycles. The lowest BCUT2D eigenvalue weighted by atomic mass is 10.1. The van der Waals surface area contributed by atoms with E-state index in [4.69, 9.17) is 9.90 Å². The molecule has 0 aromatic carbocycles. The van der Waals surface area contributed by atoms with E-state index in [0.717, 1.165) is 19.8 Å². The number of hydrogen-bond donors (Lipinski definition) is 1. The van der Waals surface area contributed by atoms with Gasteiger partial charge in [-0.2, -0.15) is 0 Å². The minimum Gasteiger partial charge on any atom is -0.481 e. The summed E-state index contributed by atoms with van der Waals surface area (Å²) in [6.07, 6.45) is 7.49. The Kier molecular flexibility index (Phi) is 14.6. The Hall–Kier alpha value is -1.32. The highest BCUT2D eigenvalue weighted by molar-refractivity contribution is 5.69. The molecule has 94 valence electrons. The van der Waals surface area contributed by atoms with Crippen molar-refractivity contribution in [2.24, 2.45) is 0 Å². The fourth-order valence-corrected chi connectivity index (χ4v) is 1.02. The van der Waals surface area contributed by atoms with Gasteiger partial charge in [-0.05, 0) is 6.42 Å². The molecule has 0 amide bonds. The minimum absolute atomic E-state index is 0.165. The van der Waals surface area contributed by atoms with Crippen LogP contribution in [-0.4, -0.2) is 17.0 Å². The van der Waals surface area contributed by atoms with E-state index in [1.165, 1.54) is 25.5 Å². The van der Waals surface area contributed by atoms with E-state index in [1.807, 2.05) is 0 Å². The Labute approximate surface area is 97.3 Å². The molecule has 4 nitrogen and oxygen atoms in total. The Morgan fingerprint density at radius 2 is 1.75 bits per heavy atom. The van der Waals surface area contributed by atoms with Gasteiger partial charge in [-0.25, -0.2) is 0 Å². The average Bonchev–Trinajstić information content (AvgIpc) is 2.17. The maximum absolute atomic E-state index is 10.8. The van der Waals surface area contributed by atoms with Crippen LogP contribution in [0.2, 0.25) is 0 Å². The predicted octanol–water partition coefficient (Wildman–Crippen LogP) is 3.12. The molecule has 0 unspecified atom stereocenters. The lowest BCUT2D eigenvalue weighted by molar-refractivity contribution is -0.138. The fraction of sp³-hybridized carbons (Fsp3) is 0.667. The van der Waals surface area contributed by atoms with Crippen LogP contribution >= 0.6 is 0 Å². The molecule has 0 aromatic rings. The van der Waals surface area contributed by atoms with Crippen molar-refractivity contribution < 1.29 is 19.4 Å². The lowest BCUT2D eigenvalue weighted by Gasteiger charge is -1.98. The third-order valence-electron chi connectivity index (χ3n) is 1.70. The summed E-state index contributed by atoms with van der Waals surface area (Å²) in [4.78, 5) is 19.8.